The Balaban J connectivity index is 2.51. The zero-order chi connectivity index (χ0) is 14.2. The van der Waals surface area contributed by atoms with Crippen LogP contribution in [0.15, 0.2) is 12.1 Å². The van der Waals surface area contributed by atoms with Crippen molar-refractivity contribution in [3.8, 4) is 12.3 Å². The minimum atomic E-state index is -1.01. The number of nitrogens with two attached hydrogens (primary N) is 1. The number of rotatable bonds is 1. The van der Waals surface area contributed by atoms with E-state index in [2.05, 4.69) is 10.7 Å². The maximum Gasteiger partial charge on any atom is 0.424 e. The molecule has 0 radical (unpaired) electrons. The van der Waals surface area contributed by atoms with Crippen LogP contribution in [-0.2, 0) is 4.74 Å². The number of benzene rings is 1. The molecule has 0 saturated heterocycles. The first kappa shape index (κ1) is 12.6. The van der Waals surface area contributed by atoms with Gasteiger partial charge in [0.15, 0.2) is 0 Å². The van der Waals surface area contributed by atoms with Crippen LogP contribution in [0.4, 0.5) is 10.5 Å². The Kier molecular flexibility index (Phi) is 2.97. The van der Waals surface area contributed by atoms with Crippen LogP contribution in [0.5, 0.6) is 0 Å². The van der Waals surface area contributed by atoms with Crippen LogP contribution in [0.2, 0.25) is 0 Å². The van der Waals surface area contributed by atoms with Gasteiger partial charge in [-0.3, -0.25) is 9.59 Å². The summed E-state index contributed by atoms with van der Waals surface area (Å²) in [5, 5.41) is 0. The lowest BCUT2D eigenvalue weighted by Crippen LogP contribution is -2.36. The average molecular weight is 258 g/mol. The molecule has 2 rings (SSSR count). The van der Waals surface area contributed by atoms with Gasteiger partial charge in [0.1, 0.15) is 0 Å². The SMILES string of the molecule is C#Cc1cc2c(cc1N)C(=O)N(C(=O)OCC)C2=O. The number of ether oxygens (including phenoxy) is 1. The lowest BCUT2D eigenvalue weighted by atomic mass is 10.0. The summed E-state index contributed by atoms with van der Waals surface area (Å²) in [7, 11) is 0. The second kappa shape index (κ2) is 4.46. The van der Waals surface area contributed by atoms with Gasteiger partial charge in [-0.15, -0.1) is 6.42 Å². The second-order valence-corrected chi connectivity index (χ2v) is 3.77. The molecule has 0 aromatic heterocycles. The van der Waals surface area contributed by atoms with Crippen molar-refractivity contribution in [1.82, 2.24) is 4.90 Å². The molecular formula is C13H10N2O4. The highest BCUT2D eigenvalue weighted by molar-refractivity contribution is 6.28. The van der Waals surface area contributed by atoms with Gasteiger partial charge < -0.3 is 10.5 Å². The molecular weight excluding hydrogens is 248 g/mol. The number of hydrogen-bond acceptors (Lipinski definition) is 5. The number of carbonyl (C=O) groups excluding carboxylic acids is 3. The first-order valence-electron chi connectivity index (χ1n) is 5.47. The van der Waals surface area contributed by atoms with E-state index in [1.807, 2.05) is 0 Å². The molecule has 0 spiro atoms. The van der Waals surface area contributed by atoms with Crippen molar-refractivity contribution in [3.05, 3.63) is 28.8 Å². The Hall–Kier alpha value is -2.81. The number of fused-ring (bicyclic) bond motifs is 1. The van der Waals surface area contributed by atoms with Gasteiger partial charge in [0.25, 0.3) is 11.8 Å². The third kappa shape index (κ3) is 1.81. The molecule has 0 bridgehead atoms. The summed E-state index contributed by atoms with van der Waals surface area (Å²) < 4.78 is 4.66. The highest BCUT2D eigenvalue weighted by atomic mass is 16.6. The van der Waals surface area contributed by atoms with Gasteiger partial charge in [0, 0.05) is 11.3 Å². The highest BCUT2D eigenvalue weighted by Gasteiger charge is 2.41. The Bertz CT molecular complexity index is 643. The fourth-order valence-electron chi connectivity index (χ4n) is 1.78. The summed E-state index contributed by atoms with van der Waals surface area (Å²) in [6, 6.07) is 2.62. The van der Waals surface area contributed by atoms with Gasteiger partial charge in [0.2, 0.25) is 0 Å². The number of imide groups is 3. The number of nitrogens with zero attached hydrogens (tertiary/aromatic N) is 1. The topological polar surface area (TPSA) is 89.7 Å². The fourth-order valence-corrected chi connectivity index (χ4v) is 1.78. The maximum absolute atomic E-state index is 12.0. The van der Waals surface area contributed by atoms with Crippen LogP contribution in [0.3, 0.4) is 0 Å². The normalized spacial score (nSPS) is 13.2. The van der Waals surface area contributed by atoms with E-state index in [9.17, 15) is 14.4 Å². The number of terminal acetylenes is 1. The molecule has 1 heterocycles. The van der Waals surface area contributed by atoms with Crippen LogP contribution in [-0.4, -0.2) is 29.4 Å². The van der Waals surface area contributed by atoms with E-state index < -0.39 is 17.9 Å². The van der Waals surface area contributed by atoms with Crippen LogP contribution in [0.1, 0.15) is 33.2 Å². The fraction of sp³-hybridized carbons (Fsp3) is 0.154. The first-order chi connectivity index (χ1) is 9.01. The van der Waals surface area contributed by atoms with Gasteiger partial charge in [-0.1, -0.05) is 5.92 Å². The molecule has 2 N–H and O–H groups in total. The Labute approximate surface area is 109 Å². The molecule has 6 nitrogen and oxygen atoms in total. The molecule has 19 heavy (non-hydrogen) atoms. The van der Waals surface area contributed by atoms with E-state index in [0.29, 0.717) is 10.5 Å². The van der Waals surface area contributed by atoms with Gasteiger partial charge in [0.05, 0.1) is 17.7 Å². The van der Waals surface area contributed by atoms with E-state index in [4.69, 9.17) is 12.2 Å². The smallest absolute Gasteiger partial charge is 0.424 e. The van der Waals surface area contributed by atoms with Crippen molar-refractivity contribution in [3.63, 3.8) is 0 Å². The summed E-state index contributed by atoms with van der Waals surface area (Å²) in [5.74, 6) is 0.796. The van der Waals surface area contributed by atoms with Crippen molar-refractivity contribution in [2.75, 3.05) is 12.3 Å². The van der Waals surface area contributed by atoms with E-state index >= 15 is 0 Å². The predicted molar refractivity (Wildman–Crippen MR) is 66.3 cm³/mol. The van der Waals surface area contributed by atoms with Crippen LogP contribution in [0.25, 0.3) is 0 Å². The van der Waals surface area contributed by atoms with E-state index in [-0.39, 0.29) is 23.4 Å². The van der Waals surface area contributed by atoms with Crippen molar-refractivity contribution in [2.24, 2.45) is 0 Å². The molecule has 0 saturated carbocycles. The van der Waals surface area contributed by atoms with Crippen LogP contribution in [0, 0.1) is 12.3 Å². The molecule has 0 unspecified atom stereocenters. The summed E-state index contributed by atoms with van der Waals surface area (Å²) >= 11 is 0. The number of carbonyl (C=O) groups is 3. The van der Waals surface area contributed by atoms with E-state index in [1.54, 1.807) is 6.92 Å². The average Bonchev–Trinajstić information content (AvgIpc) is 2.61. The lowest BCUT2D eigenvalue weighted by Gasteiger charge is -2.10. The van der Waals surface area contributed by atoms with E-state index in [1.165, 1.54) is 12.1 Å². The first-order valence-corrected chi connectivity index (χ1v) is 5.47. The second-order valence-electron chi connectivity index (χ2n) is 3.77. The molecule has 1 aromatic rings. The van der Waals surface area contributed by atoms with Gasteiger partial charge in [-0.05, 0) is 19.1 Å². The summed E-state index contributed by atoms with van der Waals surface area (Å²) in [6.07, 6.45) is 4.23. The zero-order valence-electron chi connectivity index (χ0n) is 10.1. The Morgan fingerprint density at radius 3 is 2.47 bits per heavy atom. The quantitative estimate of drug-likeness (QED) is 0.461. The van der Waals surface area contributed by atoms with Crippen LogP contribution >= 0.6 is 0 Å². The molecule has 1 aliphatic rings. The van der Waals surface area contributed by atoms with Gasteiger partial charge >= 0.3 is 6.09 Å². The molecule has 3 amide bonds. The summed E-state index contributed by atoms with van der Waals surface area (Å²) in [4.78, 5) is 36.0. The van der Waals surface area contributed by atoms with Crippen molar-refractivity contribution in [2.45, 2.75) is 6.92 Å². The van der Waals surface area contributed by atoms with Crippen molar-refractivity contribution in [1.29, 1.82) is 0 Å². The largest absolute Gasteiger partial charge is 0.449 e. The lowest BCUT2D eigenvalue weighted by molar-refractivity contribution is 0.0596. The van der Waals surface area contributed by atoms with E-state index in [0.717, 1.165) is 0 Å². The van der Waals surface area contributed by atoms with Gasteiger partial charge in [-0.25, -0.2) is 4.79 Å². The number of amides is 3. The third-order valence-electron chi connectivity index (χ3n) is 2.66. The zero-order valence-corrected chi connectivity index (χ0v) is 10.1. The predicted octanol–water partition coefficient (Wildman–Crippen LogP) is 1.00. The molecule has 1 aromatic carbocycles. The van der Waals surface area contributed by atoms with Gasteiger partial charge in [-0.2, -0.15) is 4.90 Å². The number of nitrogen functional groups attached to an aromatic ring is 1. The number of hydrogen-bond donors (Lipinski definition) is 1. The Morgan fingerprint density at radius 1 is 1.37 bits per heavy atom. The maximum atomic E-state index is 12.0. The highest BCUT2D eigenvalue weighted by Crippen LogP contribution is 2.27. The minimum Gasteiger partial charge on any atom is -0.449 e. The van der Waals surface area contributed by atoms with Crippen molar-refractivity contribution >= 4 is 23.6 Å². The minimum absolute atomic E-state index is 0.0505. The molecule has 0 aliphatic carbocycles. The third-order valence-corrected chi connectivity index (χ3v) is 2.66. The van der Waals surface area contributed by atoms with Crippen molar-refractivity contribution < 1.29 is 19.1 Å². The van der Waals surface area contributed by atoms with Crippen LogP contribution < -0.4 is 5.73 Å². The summed E-state index contributed by atoms with van der Waals surface area (Å²) in [5.41, 5.74) is 6.26. The summed E-state index contributed by atoms with van der Waals surface area (Å²) in [6.45, 7) is 1.63. The molecule has 0 atom stereocenters. The molecule has 1 aliphatic heterocycles. The Morgan fingerprint density at radius 2 is 1.95 bits per heavy atom. The monoisotopic (exact) mass is 258 g/mol. The standard InChI is InChI=1S/C13H10N2O4/c1-3-7-5-8-9(6-10(7)14)12(17)15(11(8)16)13(18)19-4-2/h1,5-6H,4,14H2,2H3. The molecule has 96 valence electrons. The molecule has 0 fully saturated rings. The molecule has 6 heteroatoms. The number of anilines is 1.